The Morgan fingerprint density at radius 1 is 1.22 bits per heavy atom. The van der Waals surface area contributed by atoms with Crippen LogP contribution in [0.25, 0.3) is 0 Å². The summed E-state index contributed by atoms with van der Waals surface area (Å²) in [5.41, 5.74) is 6.69. The van der Waals surface area contributed by atoms with Gasteiger partial charge in [0, 0.05) is 56.0 Å². The molecule has 0 bridgehead atoms. The van der Waals surface area contributed by atoms with Crippen LogP contribution in [0.3, 0.4) is 0 Å². The van der Waals surface area contributed by atoms with Crippen LogP contribution in [0.2, 0.25) is 5.02 Å². The largest absolute Gasteiger partial charge is 0.369 e. The second-order valence-corrected chi connectivity index (χ2v) is 6.78. The summed E-state index contributed by atoms with van der Waals surface area (Å²) in [7, 11) is 0. The molecule has 5 nitrogen and oxygen atoms in total. The van der Waals surface area contributed by atoms with Gasteiger partial charge in [-0.2, -0.15) is 0 Å². The summed E-state index contributed by atoms with van der Waals surface area (Å²) >= 11 is 6.09. The van der Waals surface area contributed by atoms with E-state index in [2.05, 4.69) is 15.9 Å². The van der Waals surface area contributed by atoms with Crippen molar-refractivity contribution in [2.24, 2.45) is 5.73 Å². The van der Waals surface area contributed by atoms with E-state index in [1.54, 1.807) is 0 Å². The zero-order valence-electron chi connectivity index (χ0n) is 13.5. The molecule has 0 radical (unpaired) electrons. The molecule has 0 aliphatic carbocycles. The van der Waals surface area contributed by atoms with E-state index in [1.807, 2.05) is 23.1 Å². The van der Waals surface area contributed by atoms with Crippen LogP contribution in [0.5, 0.6) is 0 Å². The molecule has 23 heavy (non-hydrogen) atoms. The number of hydrogen-bond acceptors (Lipinski definition) is 4. The second-order valence-electron chi connectivity index (χ2n) is 6.34. The molecule has 3 rings (SSSR count). The highest BCUT2D eigenvalue weighted by Gasteiger charge is 2.29. The zero-order valence-corrected chi connectivity index (χ0v) is 14.2. The monoisotopic (exact) mass is 336 g/mol. The maximum absolute atomic E-state index is 11.8. The van der Waals surface area contributed by atoms with Crippen molar-refractivity contribution in [1.29, 1.82) is 0 Å². The Bertz CT molecular complexity index is 545. The third-order valence-corrected chi connectivity index (χ3v) is 5.16. The van der Waals surface area contributed by atoms with E-state index in [0.717, 1.165) is 50.7 Å². The summed E-state index contributed by atoms with van der Waals surface area (Å²) in [6.45, 7) is 5.87. The van der Waals surface area contributed by atoms with E-state index in [-0.39, 0.29) is 12.5 Å². The lowest BCUT2D eigenvalue weighted by Crippen LogP contribution is -2.56. The number of piperazine rings is 1. The van der Waals surface area contributed by atoms with Crippen LogP contribution in [0.4, 0.5) is 5.69 Å². The van der Waals surface area contributed by atoms with Crippen molar-refractivity contribution in [1.82, 2.24) is 9.80 Å². The van der Waals surface area contributed by atoms with Crippen molar-refractivity contribution in [3.05, 3.63) is 29.3 Å². The summed E-state index contributed by atoms with van der Waals surface area (Å²) in [4.78, 5) is 18.7. The topological polar surface area (TPSA) is 52.8 Å². The number of halogens is 1. The molecule has 6 heteroatoms. The van der Waals surface area contributed by atoms with Crippen LogP contribution >= 0.6 is 11.6 Å². The van der Waals surface area contributed by atoms with Crippen LogP contribution in [-0.2, 0) is 4.79 Å². The van der Waals surface area contributed by atoms with E-state index in [4.69, 9.17) is 17.3 Å². The number of carbonyl (C=O) groups is 1. The SMILES string of the molecule is NCC(=O)N1CCCC(N2CCN(c3cccc(Cl)c3)CC2)C1. The van der Waals surface area contributed by atoms with Gasteiger partial charge in [0.05, 0.1) is 6.54 Å². The van der Waals surface area contributed by atoms with E-state index < -0.39 is 0 Å². The van der Waals surface area contributed by atoms with Crippen molar-refractivity contribution in [3.8, 4) is 0 Å². The van der Waals surface area contributed by atoms with Gasteiger partial charge in [-0.25, -0.2) is 0 Å². The quantitative estimate of drug-likeness (QED) is 0.907. The Morgan fingerprint density at radius 3 is 2.70 bits per heavy atom. The van der Waals surface area contributed by atoms with Crippen LogP contribution in [0.1, 0.15) is 12.8 Å². The number of nitrogens with zero attached hydrogens (tertiary/aromatic N) is 3. The van der Waals surface area contributed by atoms with Gasteiger partial charge in [-0.3, -0.25) is 9.69 Å². The average molecular weight is 337 g/mol. The molecule has 0 spiro atoms. The Morgan fingerprint density at radius 2 is 2.00 bits per heavy atom. The Kier molecular flexibility index (Phi) is 5.41. The molecule has 0 aromatic heterocycles. The Hall–Kier alpha value is -1.30. The molecule has 2 heterocycles. The molecule has 126 valence electrons. The summed E-state index contributed by atoms with van der Waals surface area (Å²) in [5.74, 6) is 0.0762. The molecule has 1 aromatic carbocycles. The van der Waals surface area contributed by atoms with Crippen molar-refractivity contribution in [2.75, 3.05) is 50.7 Å². The predicted molar refractivity (Wildman–Crippen MR) is 93.9 cm³/mol. The van der Waals surface area contributed by atoms with E-state index in [9.17, 15) is 4.79 Å². The number of hydrogen-bond donors (Lipinski definition) is 1. The number of nitrogens with two attached hydrogens (primary N) is 1. The first-order valence-corrected chi connectivity index (χ1v) is 8.77. The molecule has 2 fully saturated rings. The van der Waals surface area contributed by atoms with Gasteiger partial charge in [0.2, 0.25) is 5.91 Å². The molecular formula is C17H25ClN4O. The molecule has 1 aromatic rings. The normalized spacial score (nSPS) is 23.1. The highest BCUT2D eigenvalue weighted by atomic mass is 35.5. The van der Waals surface area contributed by atoms with Crippen LogP contribution in [0.15, 0.2) is 24.3 Å². The fourth-order valence-electron chi connectivity index (χ4n) is 3.63. The lowest BCUT2D eigenvalue weighted by atomic mass is 10.0. The van der Waals surface area contributed by atoms with Gasteiger partial charge < -0.3 is 15.5 Å². The van der Waals surface area contributed by atoms with Crippen molar-refractivity contribution in [3.63, 3.8) is 0 Å². The van der Waals surface area contributed by atoms with Crippen LogP contribution in [0, 0.1) is 0 Å². The lowest BCUT2D eigenvalue weighted by Gasteiger charge is -2.44. The van der Waals surface area contributed by atoms with Gasteiger partial charge in [0.15, 0.2) is 0 Å². The molecule has 2 saturated heterocycles. The van der Waals surface area contributed by atoms with Gasteiger partial charge in [-0.1, -0.05) is 17.7 Å². The minimum atomic E-state index is 0.0762. The number of amides is 1. The highest BCUT2D eigenvalue weighted by Crippen LogP contribution is 2.23. The number of anilines is 1. The third-order valence-electron chi connectivity index (χ3n) is 4.93. The first kappa shape index (κ1) is 16.6. The Labute approximate surface area is 143 Å². The molecule has 2 N–H and O–H groups in total. The molecular weight excluding hydrogens is 312 g/mol. The lowest BCUT2D eigenvalue weighted by molar-refractivity contribution is -0.131. The number of carbonyl (C=O) groups excluding carboxylic acids is 1. The Balaban J connectivity index is 1.55. The molecule has 1 atom stereocenters. The number of rotatable bonds is 3. The number of likely N-dealkylation sites (tertiary alicyclic amines) is 1. The minimum Gasteiger partial charge on any atom is -0.369 e. The number of piperidine rings is 1. The maximum Gasteiger partial charge on any atom is 0.236 e. The van der Waals surface area contributed by atoms with E-state index >= 15 is 0 Å². The summed E-state index contributed by atoms with van der Waals surface area (Å²) in [6.07, 6.45) is 2.25. The fourth-order valence-corrected chi connectivity index (χ4v) is 3.81. The molecule has 0 saturated carbocycles. The second kappa shape index (κ2) is 7.51. The van der Waals surface area contributed by atoms with E-state index in [0.29, 0.717) is 6.04 Å². The first-order chi connectivity index (χ1) is 11.2. The third kappa shape index (κ3) is 3.97. The average Bonchev–Trinajstić information content (AvgIpc) is 2.61. The molecule has 2 aliphatic heterocycles. The van der Waals surface area contributed by atoms with Crippen molar-refractivity contribution in [2.45, 2.75) is 18.9 Å². The number of benzene rings is 1. The first-order valence-electron chi connectivity index (χ1n) is 8.40. The zero-order chi connectivity index (χ0) is 16.2. The summed E-state index contributed by atoms with van der Waals surface area (Å²) in [5, 5.41) is 0.785. The standard InChI is InChI=1S/C17H25ClN4O/c18-14-3-1-4-15(11-14)20-7-9-21(10-8-20)16-5-2-6-22(13-16)17(23)12-19/h1,3-4,11,16H,2,5-10,12-13,19H2. The smallest absolute Gasteiger partial charge is 0.236 e. The van der Waals surface area contributed by atoms with Gasteiger partial charge in [-0.05, 0) is 31.0 Å². The fraction of sp³-hybridized carbons (Fsp3) is 0.588. The summed E-state index contributed by atoms with van der Waals surface area (Å²) in [6, 6.07) is 8.53. The molecule has 1 unspecified atom stereocenters. The van der Waals surface area contributed by atoms with Gasteiger partial charge in [0.25, 0.3) is 0 Å². The maximum atomic E-state index is 11.8. The predicted octanol–water partition coefficient (Wildman–Crippen LogP) is 1.41. The molecule has 1 amide bonds. The van der Waals surface area contributed by atoms with Gasteiger partial charge in [-0.15, -0.1) is 0 Å². The minimum absolute atomic E-state index is 0.0762. The van der Waals surface area contributed by atoms with Gasteiger partial charge >= 0.3 is 0 Å². The van der Waals surface area contributed by atoms with Crippen molar-refractivity contribution >= 4 is 23.2 Å². The van der Waals surface area contributed by atoms with Crippen LogP contribution < -0.4 is 10.6 Å². The highest BCUT2D eigenvalue weighted by molar-refractivity contribution is 6.30. The van der Waals surface area contributed by atoms with E-state index in [1.165, 1.54) is 12.1 Å². The van der Waals surface area contributed by atoms with Crippen molar-refractivity contribution < 1.29 is 4.79 Å². The summed E-state index contributed by atoms with van der Waals surface area (Å²) < 4.78 is 0. The van der Waals surface area contributed by atoms with Crippen LogP contribution in [-0.4, -0.2) is 67.6 Å². The van der Waals surface area contributed by atoms with Gasteiger partial charge in [0.1, 0.15) is 0 Å². The molecule has 2 aliphatic rings.